The Balaban J connectivity index is -0.000000339. The second-order valence-corrected chi connectivity index (χ2v) is 25.8. The maximum atomic E-state index is 10.6. The Labute approximate surface area is 515 Å². The van der Waals surface area contributed by atoms with Gasteiger partial charge in [-0.3, -0.25) is 20.9 Å². The summed E-state index contributed by atoms with van der Waals surface area (Å²) in [5.74, 6) is -2.87. The van der Waals surface area contributed by atoms with Crippen LogP contribution in [0, 0.1) is 0 Å². The van der Waals surface area contributed by atoms with Crippen LogP contribution < -0.4 is 24.4 Å². The highest BCUT2D eigenvalue weighted by atomic mass is 32.3. The van der Waals surface area contributed by atoms with E-state index in [-0.39, 0.29) is 59.9 Å². The number of carboxylic acid groups (broad SMARTS) is 2. The van der Waals surface area contributed by atoms with Crippen molar-refractivity contribution < 1.29 is 226 Å². The number of methoxy groups -OCH3 is 1. The molecule has 0 radical (unpaired) electrons. The lowest BCUT2D eigenvalue weighted by molar-refractivity contribution is -0.322. The second kappa shape index (κ2) is 41.4. The summed E-state index contributed by atoms with van der Waals surface area (Å²) in [5, 5.41) is 67.0. The van der Waals surface area contributed by atoms with Crippen LogP contribution in [-0.2, 0) is 142 Å². The minimum absolute atomic E-state index is 0. The zero-order valence-corrected chi connectivity index (χ0v) is 51.7. The monoisotopic (exact) mass is 1520 g/mol. The molecule has 16 atom stereocenters. The number of carbonyl (C=O) groups excluding carboxylic acids is 2. The first kappa shape index (κ1) is 96.9. The Morgan fingerprint density at radius 1 is 0.418 bits per heavy atom. The van der Waals surface area contributed by atoms with Crippen molar-refractivity contribution in [1.82, 2.24) is 14.2 Å². The van der Waals surface area contributed by atoms with E-state index in [1.807, 2.05) is 0 Å². The Morgan fingerprint density at radius 3 is 1.15 bits per heavy atom. The molecule has 5 saturated heterocycles. The van der Waals surface area contributed by atoms with Gasteiger partial charge >= 0.3 is 0 Å². The maximum absolute atomic E-state index is 10.6. The smallest absolute Gasteiger partial charge is 0.218 e. The summed E-state index contributed by atoms with van der Waals surface area (Å²) in [6.07, 6.45) is -17.1. The molecule has 0 saturated carbocycles. The van der Waals surface area contributed by atoms with Gasteiger partial charge in [-0.1, -0.05) is 0 Å². The summed E-state index contributed by atoms with van der Waals surface area (Å²) in [4.78, 5) is 20.5. The Hall–Kier alpha value is -2.74. The van der Waals surface area contributed by atoms with E-state index in [2.05, 4.69) is 30.4 Å². The van der Waals surface area contributed by atoms with E-state index < -0.39 is 238 Å². The lowest BCUT2D eigenvalue weighted by Gasteiger charge is -2.39. The predicted octanol–water partition coefficient (Wildman–Crippen LogP) is -19.9. The van der Waals surface area contributed by atoms with Crippen LogP contribution in [0.5, 0.6) is 0 Å². The predicted molar refractivity (Wildman–Crippen MR) is 262 cm³/mol. The molecule has 91 heavy (non-hydrogen) atoms. The average molecular weight is 1520 g/mol. The summed E-state index contributed by atoms with van der Waals surface area (Å²) < 4.78 is 303. The molecule has 552 valence electrons. The van der Waals surface area contributed by atoms with Crippen molar-refractivity contribution in [1.29, 1.82) is 0 Å². The summed E-state index contributed by atoms with van der Waals surface area (Å²) in [5.41, 5.74) is 0. The van der Waals surface area contributed by atoms with Gasteiger partial charge in [0.15, 0.2) is 30.9 Å². The van der Waals surface area contributed by atoms with Crippen molar-refractivity contribution in [2.45, 2.75) is 123 Å². The van der Waals surface area contributed by atoms with Crippen LogP contribution in [0.3, 0.4) is 0 Å². The molecule has 0 aromatic heterocycles. The van der Waals surface area contributed by atoms with Crippen molar-refractivity contribution in [3.63, 3.8) is 0 Å². The molecule has 5 heterocycles. The van der Waals surface area contributed by atoms with Crippen molar-refractivity contribution in [3.8, 4) is 0 Å². The largest absolute Gasteiger partial charge is 0.735 e. The number of hydrogen-bond donors (Lipinski definition) is 8. The topological polar surface area (TPSA) is 934 Å². The molecule has 0 amide bonds. The van der Waals surface area contributed by atoms with Gasteiger partial charge in [0.1, 0.15) is 30.5 Å². The third-order valence-corrected chi connectivity index (χ3v) is 14.6. The molecule has 60 heteroatoms. The lowest BCUT2D eigenvalue weighted by Crippen LogP contribution is -2.60. The summed E-state index contributed by atoms with van der Waals surface area (Å²) in [7, 11) is -38.4. The summed E-state index contributed by atoms with van der Waals surface area (Å²) in [6, 6.07) is -3.87. The van der Waals surface area contributed by atoms with Crippen LogP contribution in [0.1, 0.15) is 25.7 Å². The zero-order valence-electron chi connectivity index (χ0n) is 45.1. The lowest BCUT2D eigenvalue weighted by atomic mass is 9.99. The molecular weight excluding hydrogens is 1450 g/mol. The van der Waals surface area contributed by atoms with Crippen LogP contribution in [-0.4, -0.2) is 326 Å². The average Bonchev–Trinajstić information content (AvgIpc) is 1.04. The maximum Gasteiger partial charge on any atom is 0.218 e. The van der Waals surface area contributed by atoms with Gasteiger partial charge in [-0.25, -0.2) is 81.5 Å². The number of ether oxygens (including phenoxy) is 6. The Kier molecular flexibility index (Phi) is 44.1. The fourth-order valence-corrected chi connectivity index (χ4v) is 10.6. The van der Waals surface area contributed by atoms with Crippen LogP contribution >= 0.6 is 0 Å². The normalized spacial score (nSPS) is 29.8. The quantitative estimate of drug-likeness (QED) is 0.0369. The fraction of sp³-hybridized carbons (Fsp3) is 0.935. The molecule has 0 bridgehead atoms. The first-order chi connectivity index (χ1) is 38.8. The number of aliphatic carboxylic acids is 2. The van der Waals surface area contributed by atoms with Gasteiger partial charge in [0.2, 0.25) is 52.0 Å². The highest BCUT2D eigenvalue weighted by Crippen LogP contribution is 2.23. The van der Waals surface area contributed by atoms with Gasteiger partial charge in [-0.15, -0.1) is 0 Å². The SMILES string of the molecule is COC1C(COS(=O)(=O)[O-])OCC(NS(=O)(=O)[O-])[C@@H]1O.O.O.O.O.O.O=C([O-])C1C[C@@H](O)C(O)CO1.O=C([O-])C1C[C@@H](O)C(OS(=O)(=O)[O-])CO1.O=S(=O)([O-])NC1COC(COS(=O)(=O)[O-])C[C@H]1O.O=S(=O)([O-])NC1COC(COS(=O)(=O)[O-])C[C@H]1OS(=O)(=O)[O-]. The highest BCUT2D eigenvalue weighted by molar-refractivity contribution is 7.84. The molecule has 5 aliphatic rings. The van der Waals surface area contributed by atoms with E-state index in [9.17, 15) is 139 Å². The molecule has 11 unspecified atom stereocenters. The van der Waals surface area contributed by atoms with Gasteiger partial charge in [0, 0.05) is 32.8 Å². The summed E-state index contributed by atoms with van der Waals surface area (Å²) >= 11 is 0. The number of aliphatic hydroxyl groups is 5. The molecule has 0 spiro atoms. The van der Waals surface area contributed by atoms with Gasteiger partial charge in [-0.2, -0.15) is 0 Å². The first-order valence-electron chi connectivity index (χ1n) is 22.5. The van der Waals surface area contributed by atoms with Crippen LogP contribution in [0.25, 0.3) is 0 Å². The molecular formula is C31H61N3O49S8-10. The molecule has 5 rings (SSSR count). The Bertz CT molecular complexity index is 3080. The van der Waals surface area contributed by atoms with E-state index in [1.54, 1.807) is 9.44 Å². The van der Waals surface area contributed by atoms with Crippen molar-refractivity contribution in [2.75, 3.05) is 60.0 Å². The minimum Gasteiger partial charge on any atom is -0.735 e. The standard InChI is InChI=1S/C7H15NO10S2.C6H13NO12S3.C6H13NO9S2.C6H10O8S.C6H10O5.5H2O/c1-16-7-5(3-18-20(13,14)15)17-2-4(6(7)9)8-19(10,11)12;8-20(9,10)7-5-3-17-4(2-18-21(11,12)13)1-6(5)19-22(14,15)16;8-6-1-4(2-16-18(12,13)14)15-3-5(6)7-17(9,10)11;7-3-1-4(6(8)9)13-2-5(3)14-15(10,11)12;7-3-1-5(6(9)10)11-2-4(3)8;;;;;/h4-9H,2-3H2,1H3,(H,10,11,12)(H,13,14,15);4-7H,1-3H2,(H,8,9,10)(H,11,12,13)(H,14,15,16);4-8H,1-3H2,(H,9,10,11)(H,12,13,14);3-5,7H,1-2H2,(H,8,9)(H,10,11,12);3-5,7-8H,1-2H2,(H,9,10);5*1H2/p-10/t4?,5?,6-,7?;2*4?,5?,6-;2*3-,4?,5?;;;;;/m01111...../s1. The highest BCUT2D eigenvalue weighted by Gasteiger charge is 2.41. The fourth-order valence-electron chi connectivity index (χ4n) is 6.94. The Morgan fingerprint density at radius 2 is 0.780 bits per heavy atom. The van der Waals surface area contributed by atoms with E-state index in [0.29, 0.717) is 0 Å². The van der Waals surface area contributed by atoms with E-state index in [4.69, 9.17) is 29.2 Å². The molecule has 52 nitrogen and oxygen atoms in total. The molecule has 5 fully saturated rings. The van der Waals surface area contributed by atoms with Gasteiger partial charge in [0.25, 0.3) is 0 Å². The van der Waals surface area contributed by atoms with Gasteiger partial charge < -0.3 is 138 Å². The molecule has 0 aromatic rings. The zero-order chi connectivity index (χ0) is 66.8. The van der Waals surface area contributed by atoms with E-state index in [0.717, 1.165) is 7.11 Å². The van der Waals surface area contributed by atoms with Crippen molar-refractivity contribution in [2.24, 2.45) is 0 Å². The van der Waals surface area contributed by atoms with E-state index >= 15 is 0 Å². The van der Waals surface area contributed by atoms with E-state index in [1.165, 1.54) is 4.72 Å². The number of nitrogens with one attached hydrogen (secondary N) is 3. The molecule has 0 aromatic carbocycles. The molecule has 0 aliphatic carbocycles. The van der Waals surface area contributed by atoms with Crippen molar-refractivity contribution in [3.05, 3.63) is 0 Å². The third-order valence-electron chi connectivity index (χ3n) is 10.6. The minimum atomic E-state index is -5.24. The van der Waals surface area contributed by atoms with Crippen LogP contribution in [0.2, 0.25) is 0 Å². The van der Waals surface area contributed by atoms with Crippen LogP contribution in [0.4, 0.5) is 0 Å². The van der Waals surface area contributed by atoms with Crippen molar-refractivity contribution >= 4 is 94.8 Å². The number of carboxylic acids is 2. The van der Waals surface area contributed by atoms with Crippen LogP contribution in [0.15, 0.2) is 0 Å². The number of aliphatic hydroxyl groups excluding tert-OH is 5. The van der Waals surface area contributed by atoms with Gasteiger partial charge in [0.05, 0.1) is 132 Å². The molecule has 18 N–H and O–H groups in total. The second-order valence-electron chi connectivity index (χ2n) is 17.2. The first-order valence-corrected chi connectivity index (χ1v) is 33.4. The number of hydrogen-bond acceptors (Lipinski definition) is 44. The van der Waals surface area contributed by atoms with Gasteiger partial charge in [-0.05, 0) is 0 Å². The third kappa shape index (κ3) is 44.6. The number of carbonyl (C=O) groups is 2. The summed E-state index contributed by atoms with van der Waals surface area (Å²) in [6.45, 7) is -4.12. The molecule has 5 aliphatic heterocycles. The number of rotatable bonds is 22.